The van der Waals surface area contributed by atoms with Crippen LogP contribution in [0.25, 0.3) is 0 Å². The van der Waals surface area contributed by atoms with E-state index in [1.807, 2.05) is 0 Å². The predicted octanol–water partition coefficient (Wildman–Crippen LogP) is 4.50. The van der Waals surface area contributed by atoms with Crippen molar-refractivity contribution in [2.75, 3.05) is 13.7 Å². The maximum atomic E-state index is 12.1. The molecule has 27 heavy (non-hydrogen) atoms. The predicted molar refractivity (Wildman–Crippen MR) is 106 cm³/mol. The molecule has 1 aromatic carbocycles. The lowest BCUT2D eigenvalue weighted by Crippen LogP contribution is -2.38. The molecule has 5 heteroatoms. The Morgan fingerprint density at radius 3 is 2.44 bits per heavy atom. The molecule has 1 aromatic rings. The minimum absolute atomic E-state index is 0.174. The van der Waals surface area contributed by atoms with E-state index >= 15 is 0 Å². The Morgan fingerprint density at radius 2 is 1.78 bits per heavy atom. The van der Waals surface area contributed by atoms with Gasteiger partial charge in [0, 0.05) is 12.5 Å². The first-order valence-corrected chi connectivity index (χ1v) is 10.2. The van der Waals surface area contributed by atoms with Gasteiger partial charge in [0.2, 0.25) is 5.91 Å². The molecule has 0 unspecified atom stereocenters. The minimum atomic E-state index is -0.349. The molecule has 1 atom stereocenters. The van der Waals surface area contributed by atoms with Crippen LogP contribution in [-0.4, -0.2) is 31.6 Å². The van der Waals surface area contributed by atoms with Crippen LogP contribution in [0.15, 0.2) is 24.3 Å². The number of methoxy groups -OCH3 is 1. The van der Waals surface area contributed by atoms with Crippen molar-refractivity contribution < 1.29 is 19.1 Å². The number of benzene rings is 1. The molecule has 0 saturated heterocycles. The molecule has 5 nitrogen and oxygen atoms in total. The Hall–Kier alpha value is -2.04. The molecule has 1 fully saturated rings. The fraction of sp³-hybridized carbons (Fsp3) is 0.636. The monoisotopic (exact) mass is 375 g/mol. The van der Waals surface area contributed by atoms with Crippen LogP contribution >= 0.6 is 0 Å². The van der Waals surface area contributed by atoms with E-state index in [0.29, 0.717) is 30.6 Å². The maximum Gasteiger partial charge on any atom is 0.337 e. The summed E-state index contributed by atoms with van der Waals surface area (Å²) in [4.78, 5) is 23.5. The average molecular weight is 376 g/mol. The molecular weight excluding hydrogens is 342 g/mol. The second-order valence-corrected chi connectivity index (χ2v) is 7.43. The molecule has 1 saturated carbocycles. The van der Waals surface area contributed by atoms with Crippen molar-refractivity contribution in [3.63, 3.8) is 0 Å². The van der Waals surface area contributed by atoms with Gasteiger partial charge in [-0.3, -0.25) is 4.79 Å². The number of nitrogens with one attached hydrogen (secondary N) is 1. The highest BCUT2D eigenvalue weighted by molar-refractivity contribution is 5.89. The Morgan fingerprint density at radius 1 is 1.07 bits per heavy atom. The normalized spacial score (nSPS) is 15.8. The zero-order valence-electron chi connectivity index (χ0n) is 16.7. The van der Waals surface area contributed by atoms with Gasteiger partial charge in [-0.25, -0.2) is 4.79 Å². The maximum absolute atomic E-state index is 12.1. The summed E-state index contributed by atoms with van der Waals surface area (Å²) in [5.74, 6) is 1.22. The Bertz CT molecular complexity index is 578. The smallest absolute Gasteiger partial charge is 0.337 e. The number of hydrogen-bond acceptors (Lipinski definition) is 4. The molecule has 150 valence electrons. The number of unbranched alkanes of at least 4 members (excludes halogenated alkanes) is 2. The number of rotatable bonds is 10. The molecule has 0 aliphatic heterocycles. The van der Waals surface area contributed by atoms with Gasteiger partial charge in [-0.05, 0) is 69.2 Å². The first-order valence-electron chi connectivity index (χ1n) is 10.2. The number of carbonyl (C=O) groups excluding carboxylic acids is 2. The van der Waals surface area contributed by atoms with Crippen molar-refractivity contribution in [3.05, 3.63) is 29.8 Å². The van der Waals surface area contributed by atoms with Gasteiger partial charge in [0.1, 0.15) is 5.75 Å². The van der Waals surface area contributed by atoms with Crippen molar-refractivity contribution >= 4 is 11.9 Å². The quantitative estimate of drug-likeness (QED) is 0.483. The van der Waals surface area contributed by atoms with Crippen LogP contribution in [0.2, 0.25) is 0 Å². The van der Waals surface area contributed by atoms with Gasteiger partial charge in [0.15, 0.2) is 0 Å². The highest BCUT2D eigenvalue weighted by atomic mass is 16.5. The summed E-state index contributed by atoms with van der Waals surface area (Å²) in [5, 5.41) is 3.18. The van der Waals surface area contributed by atoms with E-state index in [1.165, 1.54) is 39.2 Å². The second-order valence-electron chi connectivity index (χ2n) is 7.43. The van der Waals surface area contributed by atoms with E-state index in [-0.39, 0.29) is 11.9 Å². The summed E-state index contributed by atoms with van der Waals surface area (Å²) in [6, 6.07) is 7.23. The first kappa shape index (κ1) is 21.3. The van der Waals surface area contributed by atoms with E-state index in [1.54, 1.807) is 24.3 Å². The lowest BCUT2D eigenvalue weighted by atomic mass is 9.84. The average Bonchev–Trinajstić information content (AvgIpc) is 2.71. The van der Waals surface area contributed by atoms with E-state index in [0.717, 1.165) is 25.0 Å². The molecule has 1 N–H and O–H groups in total. The summed E-state index contributed by atoms with van der Waals surface area (Å²) in [6.45, 7) is 2.75. The first-order chi connectivity index (χ1) is 13.1. The Kier molecular flexibility index (Phi) is 9.16. The van der Waals surface area contributed by atoms with Crippen LogP contribution in [0.1, 0.15) is 75.1 Å². The van der Waals surface area contributed by atoms with Gasteiger partial charge < -0.3 is 14.8 Å². The molecule has 2 rings (SSSR count). The van der Waals surface area contributed by atoms with E-state index in [4.69, 9.17) is 4.74 Å². The van der Waals surface area contributed by atoms with E-state index < -0.39 is 0 Å². The molecule has 0 heterocycles. The van der Waals surface area contributed by atoms with Crippen molar-refractivity contribution in [1.29, 1.82) is 0 Å². The van der Waals surface area contributed by atoms with Gasteiger partial charge >= 0.3 is 5.97 Å². The summed E-state index contributed by atoms with van der Waals surface area (Å²) < 4.78 is 10.3. The van der Waals surface area contributed by atoms with Gasteiger partial charge in [-0.2, -0.15) is 0 Å². The summed E-state index contributed by atoms with van der Waals surface area (Å²) in [7, 11) is 1.36. The Balaban J connectivity index is 1.53. The summed E-state index contributed by atoms with van der Waals surface area (Å²) in [6.07, 6.45) is 9.79. The summed E-state index contributed by atoms with van der Waals surface area (Å²) >= 11 is 0. The van der Waals surface area contributed by atoms with Gasteiger partial charge in [0.25, 0.3) is 0 Å². The van der Waals surface area contributed by atoms with Crippen LogP contribution < -0.4 is 10.1 Å². The number of amides is 1. The van der Waals surface area contributed by atoms with Crippen molar-refractivity contribution in [1.82, 2.24) is 5.32 Å². The third-order valence-electron chi connectivity index (χ3n) is 5.34. The lowest BCUT2D eigenvalue weighted by molar-refractivity contribution is -0.122. The number of ether oxygens (including phenoxy) is 2. The lowest BCUT2D eigenvalue weighted by Gasteiger charge is -2.28. The second kappa shape index (κ2) is 11.6. The van der Waals surface area contributed by atoms with Crippen LogP contribution in [0, 0.1) is 5.92 Å². The SMILES string of the molecule is COC(=O)c1ccc(OCCCCCC(=O)N[C@H](C)C2CCCCC2)cc1. The largest absolute Gasteiger partial charge is 0.494 e. The highest BCUT2D eigenvalue weighted by Gasteiger charge is 2.21. The zero-order valence-corrected chi connectivity index (χ0v) is 16.7. The van der Waals surface area contributed by atoms with E-state index in [2.05, 4.69) is 17.0 Å². The number of esters is 1. The molecule has 0 spiro atoms. The van der Waals surface area contributed by atoms with E-state index in [9.17, 15) is 9.59 Å². The number of hydrogen-bond donors (Lipinski definition) is 1. The standard InChI is InChI=1S/C22H33NO4/c1-17(18-9-5-3-6-10-18)23-21(24)11-7-4-8-16-27-20-14-12-19(13-15-20)22(25)26-2/h12-15,17-18H,3-11,16H2,1-2H3,(H,23,24)/t17-/m1/s1. The third-order valence-corrected chi connectivity index (χ3v) is 5.34. The molecular formula is C22H33NO4. The van der Waals surface area contributed by atoms with Gasteiger partial charge in [0.05, 0.1) is 19.3 Å². The molecule has 0 radical (unpaired) electrons. The topological polar surface area (TPSA) is 64.6 Å². The summed E-state index contributed by atoms with van der Waals surface area (Å²) in [5.41, 5.74) is 0.512. The van der Waals surface area contributed by atoms with Crippen LogP contribution in [-0.2, 0) is 9.53 Å². The van der Waals surface area contributed by atoms with Gasteiger partial charge in [-0.15, -0.1) is 0 Å². The molecule has 1 amide bonds. The van der Waals surface area contributed by atoms with Gasteiger partial charge in [-0.1, -0.05) is 19.3 Å². The molecule has 1 aliphatic rings. The Labute approximate surface area is 162 Å². The fourth-order valence-electron chi connectivity index (χ4n) is 3.64. The molecule has 0 aromatic heterocycles. The third kappa shape index (κ3) is 7.61. The molecule has 1 aliphatic carbocycles. The van der Waals surface area contributed by atoms with Crippen LogP contribution in [0.4, 0.5) is 0 Å². The highest BCUT2D eigenvalue weighted by Crippen LogP contribution is 2.26. The molecule has 0 bridgehead atoms. The van der Waals surface area contributed by atoms with Crippen molar-refractivity contribution in [2.45, 2.75) is 70.8 Å². The fourth-order valence-corrected chi connectivity index (χ4v) is 3.64. The number of carbonyl (C=O) groups is 2. The van der Waals surface area contributed by atoms with Crippen molar-refractivity contribution in [3.8, 4) is 5.75 Å². The zero-order chi connectivity index (χ0) is 19.5. The minimum Gasteiger partial charge on any atom is -0.494 e. The van der Waals surface area contributed by atoms with Crippen LogP contribution in [0.5, 0.6) is 5.75 Å². The van der Waals surface area contributed by atoms with Crippen molar-refractivity contribution in [2.24, 2.45) is 5.92 Å². The van der Waals surface area contributed by atoms with Crippen LogP contribution in [0.3, 0.4) is 0 Å².